The Morgan fingerprint density at radius 3 is 2.94 bits per heavy atom. The number of rotatable bonds is 5. The predicted molar refractivity (Wildman–Crippen MR) is 116 cm³/mol. The summed E-state index contributed by atoms with van der Waals surface area (Å²) in [5.41, 5.74) is 2.00. The van der Waals surface area contributed by atoms with Crippen LogP contribution in [-0.2, 0) is 9.59 Å². The second-order valence-electron chi connectivity index (χ2n) is 7.33. The minimum absolute atomic E-state index is 0.0785. The van der Waals surface area contributed by atoms with Crippen molar-refractivity contribution >= 4 is 35.2 Å². The van der Waals surface area contributed by atoms with Gasteiger partial charge in [0.1, 0.15) is 23.5 Å². The lowest BCUT2D eigenvalue weighted by atomic mass is 10.1. The maximum absolute atomic E-state index is 14.6. The number of nitrogens with one attached hydrogen (secondary N) is 1. The van der Waals surface area contributed by atoms with Gasteiger partial charge in [0.25, 0.3) is 0 Å². The zero-order valence-corrected chi connectivity index (χ0v) is 17.5. The van der Waals surface area contributed by atoms with Crippen LogP contribution in [0.15, 0.2) is 52.3 Å². The van der Waals surface area contributed by atoms with Crippen LogP contribution in [0.5, 0.6) is 5.88 Å². The number of aliphatic imine (C=N–C) groups is 1. The number of carbonyl (C=O) groups is 2. The summed E-state index contributed by atoms with van der Waals surface area (Å²) in [5.74, 6) is -0.538. The first-order chi connectivity index (χ1) is 14.9. The molecule has 0 radical (unpaired) electrons. The highest BCUT2D eigenvalue weighted by molar-refractivity contribution is 6.44. The van der Waals surface area contributed by atoms with E-state index in [4.69, 9.17) is 16.3 Å². The summed E-state index contributed by atoms with van der Waals surface area (Å²) < 4.78 is 20.6. The number of carbonyl (C=O) groups excluding carboxylic acids is 2. The monoisotopic (exact) mass is 442 g/mol. The molecule has 1 atom stereocenters. The van der Waals surface area contributed by atoms with Gasteiger partial charge in [-0.1, -0.05) is 11.6 Å². The van der Waals surface area contributed by atoms with E-state index in [2.05, 4.69) is 15.3 Å². The zero-order valence-electron chi connectivity index (χ0n) is 16.8. The number of Topliss-reactive ketones (excluding diaryl/α,β-unsaturated/α-hetero) is 1. The summed E-state index contributed by atoms with van der Waals surface area (Å²) in [6.45, 7) is 2.66. The lowest BCUT2D eigenvalue weighted by molar-refractivity contribution is -0.114. The molecule has 1 aromatic heterocycles. The highest BCUT2D eigenvalue weighted by Crippen LogP contribution is 2.29. The van der Waals surface area contributed by atoms with Gasteiger partial charge in [0.2, 0.25) is 11.8 Å². The van der Waals surface area contributed by atoms with Crippen LogP contribution in [0.4, 0.5) is 10.1 Å². The number of ketones is 1. The first-order valence-corrected chi connectivity index (χ1v) is 10.2. The first-order valence-electron chi connectivity index (χ1n) is 9.78. The summed E-state index contributed by atoms with van der Waals surface area (Å²) in [6, 6.07) is 7.89. The Balaban J connectivity index is 1.46. The number of likely N-dealkylation sites (tertiary alicyclic amines) is 1. The summed E-state index contributed by atoms with van der Waals surface area (Å²) in [7, 11) is 0. The predicted octanol–water partition coefficient (Wildman–Crippen LogP) is 3.40. The van der Waals surface area contributed by atoms with Gasteiger partial charge in [-0.3, -0.25) is 14.6 Å². The van der Waals surface area contributed by atoms with E-state index in [1.807, 2.05) is 4.90 Å². The molecule has 1 saturated heterocycles. The fourth-order valence-electron chi connectivity index (χ4n) is 3.59. The molecule has 160 valence electrons. The molecular formula is C22H20ClFN4O3. The van der Waals surface area contributed by atoms with Gasteiger partial charge in [-0.15, -0.1) is 0 Å². The fourth-order valence-corrected chi connectivity index (χ4v) is 3.82. The van der Waals surface area contributed by atoms with Crippen molar-refractivity contribution in [2.45, 2.75) is 19.4 Å². The van der Waals surface area contributed by atoms with Crippen LogP contribution in [0.25, 0.3) is 11.1 Å². The van der Waals surface area contributed by atoms with Gasteiger partial charge >= 0.3 is 0 Å². The molecule has 2 aromatic rings. The molecule has 31 heavy (non-hydrogen) atoms. The number of allylic oxidation sites excluding steroid dienone is 1. The van der Waals surface area contributed by atoms with Crippen molar-refractivity contribution in [3.63, 3.8) is 0 Å². The number of hydrogen-bond acceptors (Lipinski definition) is 6. The molecule has 3 heterocycles. The standard InChI is InChI=1S/C22H20ClFN4O3/c1-13(29)27-15-2-3-17(18(24)9-15)14-4-6-26-21(8-14)31-16-5-7-28(12-16)19-10-25-11-20(30)22(19)23/h2-4,6,8-10,16H,5,7,11-12H2,1H3,(H,27,29)/t16-/m1/s1. The molecule has 2 aliphatic heterocycles. The van der Waals surface area contributed by atoms with Gasteiger partial charge in [0.15, 0.2) is 5.78 Å². The van der Waals surface area contributed by atoms with Crippen molar-refractivity contribution in [3.8, 4) is 17.0 Å². The number of benzene rings is 1. The van der Waals surface area contributed by atoms with E-state index in [1.54, 1.807) is 36.7 Å². The second kappa shape index (κ2) is 8.85. The summed E-state index contributed by atoms with van der Waals surface area (Å²) in [4.78, 5) is 33.2. The topological polar surface area (TPSA) is 83.9 Å². The van der Waals surface area contributed by atoms with Gasteiger partial charge in [-0.05, 0) is 29.8 Å². The Morgan fingerprint density at radius 2 is 2.16 bits per heavy atom. The average Bonchev–Trinajstić information content (AvgIpc) is 3.18. The number of anilines is 1. The number of halogens is 2. The van der Waals surface area contributed by atoms with Crippen molar-refractivity contribution in [3.05, 3.63) is 53.1 Å². The summed E-state index contributed by atoms with van der Waals surface area (Å²) in [6.07, 6.45) is 3.75. The van der Waals surface area contributed by atoms with Gasteiger partial charge in [0.05, 0.1) is 12.2 Å². The molecule has 1 aromatic carbocycles. The van der Waals surface area contributed by atoms with Crippen molar-refractivity contribution in [2.24, 2.45) is 4.99 Å². The molecule has 1 N–H and O–H groups in total. The third-order valence-electron chi connectivity index (χ3n) is 5.03. The summed E-state index contributed by atoms with van der Waals surface area (Å²) >= 11 is 6.15. The fraction of sp³-hybridized carbons (Fsp3) is 0.273. The van der Waals surface area contributed by atoms with Crippen molar-refractivity contribution < 1.29 is 18.7 Å². The van der Waals surface area contributed by atoms with Crippen LogP contribution in [0, 0.1) is 5.82 Å². The quantitative estimate of drug-likeness (QED) is 0.767. The number of pyridine rings is 1. The Labute approximate surface area is 183 Å². The third kappa shape index (κ3) is 4.74. The lowest BCUT2D eigenvalue weighted by Gasteiger charge is -2.22. The SMILES string of the molecule is CC(=O)Nc1ccc(-c2ccnc(O[C@@H]3CCN(C4=C(Cl)C(=O)CN=C4)C3)c2)c(F)c1. The highest BCUT2D eigenvalue weighted by atomic mass is 35.5. The average molecular weight is 443 g/mol. The maximum atomic E-state index is 14.6. The Bertz CT molecular complexity index is 1100. The molecular weight excluding hydrogens is 423 g/mol. The van der Waals surface area contributed by atoms with Crippen LogP contribution in [0.2, 0.25) is 0 Å². The lowest BCUT2D eigenvalue weighted by Crippen LogP contribution is -2.28. The highest BCUT2D eigenvalue weighted by Gasteiger charge is 2.29. The van der Waals surface area contributed by atoms with Crippen molar-refractivity contribution in [2.75, 3.05) is 25.0 Å². The molecule has 0 aliphatic carbocycles. The van der Waals surface area contributed by atoms with E-state index in [-0.39, 0.29) is 29.4 Å². The molecule has 4 rings (SSSR count). The number of dihydropyridines is 1. The Morgan fingerprint density at radius 1 is 1.32 bits per heavy atom. The first kappa shape index (κ1) is 21.0. The Kier molecular flexibility index (Phi) is 5.99. The minimum Gasteiger partial charge on any atom is -0.472 e. The van der Waals surface area contributed by atoms with E-state index in [0.717, 1.165) is 6.42 Å². The third-order valence-corrected chi connectivity index (χ3v) is 5.43. The van der Waals surface area contributed by atoms with Crippen LogP contribution in [-0.4, -0.2) is 53.5 Å². The van der Waals surface area contributed by atoms with Crippen molar-refractivity contribution in [1.29, 1.82) is 0 Å². The molecule has 9 heteroatoms. The number of hydrogen-bond donors (Lipinski definition) is 1. The van der Waals surface area contributed by atoms with Crippen molar-refractivity contribution in [1.82, 2.24) is 9.88 Å². The minimum atomic E-state index is -0.460. The number of nitrogens with zero attached hydrogens (tertiary/aromatic N) is 3. The van der Waals surface area contributed by atoms with Gasteiger partial charge in [-0.25, -0.2) is 9.37 Å². The molecule has 0 saturated carbocycles. The smallest absolute Gasteiger partial charge is 0.221 e. The van der Waals surface area contributed by atoms with Crippen LogP contribution >= 0.6 is 11.6 Å². The van der Waals surface area contributed by atoms with Crippen LogP contribution in [0.1, 0.15) is 13.3 Å². The van der Waals surface area contributed by atoms with E-state index in [0.29, 0.717) is 41.5 Å². The normalized spacial score (nSPS) is 18.5. The Hall–Kier alpha value is -3.26. The van der Waals surface area contributed by atoms with Gasteiger partial charge < -0.3 is 15.0 Å². The molecule has 2 aliphatic rings. The molecule has 0 spiro atoms. The van der Waals surface area contributed by atoms with E-state index >= 15 is 0 Å². The van der Waals surface area contributed by atoms with E-state index < -0.39 is 5.82 Å². The molecule has 7 nitrogen and oxygen atoms in total. The van der Waals surface area contributed by atoms with Gasteiger partial charge in [0, 0.05) is 49.6 Å². The van der Waals surface area contributed by atoms with Crippen LogP contribution in [0.3, 0.4) is 0 Å². The number of amides is 1. The summed E-state index contributed by atoms with van der Waals surface area (Å²) in [5, 5.41) is 2.76. The number of aromatic nitrogens is 1. The van der Waals surface area contributed by atoms with Gasteiger partial charge in [-0.2, -0.15) is 0 Å². The molecule has 1 amide bonds. The van der Waals surface area contributed by atoms with E-state index in [9.17, 15) is 14.0 Å². The largest absolute Gasteiger partial charge is 0.472 e. The molecule has 0 unspecified atom stereocenters. The zero-order chi connectivity index (χ0) is 22.0. The maximum Gasteiger partial charge on any atom is 0.221 e. The molecule has 1 fully saturated rings. The van der Waals surface area contributed by atoms with E-state index in [1.165, 1.54) is 13.0 Å². The second-order valence-corrected chi connectivity index (χ2v) is 7.70. The van der Waals surface area contributed by atoms with Crippen LogP contribution < -0.4 is 10.1 Å². The number of ether oxygens (including phenoxy) is 1. The molecule has 0 bridgehead atoms.